The smallest absolute Gasteiger partial charge is 0.181 e. The summed E-state index contributed by atoms with van der Waals surface area (Å²) < 4.78 is 25.0. The van der Waals surface area contributed by atoms with Gasteiger partial charge in [0.05, 0.1) is 10.1 Å². The van der Waals surface area contributed by atoms with E-state index in [4.69, 9.17) is 0 Å². The molecule has 100 valence electrons. The van der Waals surface area contributed by atoms with E-state index in [1.54, 1.807) is 12.1 Å². The van der Waals surface area contributed by atoms with Crippen molar-refractivity contribution in [2.45, 2.75) is 42.8 Å². The second kappa shape index (κ2) is 5.41. The van der Waals surface area contributed by atoms with Crippen LogP contribution in [0.25, 0.3) is 0 Å². The number of benzene rings is 1. The average Bonchev–Trinajstić information content (AvgIpc) is 2.39. The van der Waals surface area contributed by atoms with Gasteiger partial charge in [-0.15, -0.1) is 0 Å². The minimum absolute atomic E-state index is 0.0971. The van der Waals surface area contributed by atoms with E-state index in [-0.39, 0.29) is 17.8 Å². The lowest BCUT2D eigenvalue weighted by molar-refractivity contribution is 0.191. The molecule has 0 aliphatic heterocycles. The van der Waals surface area contributed by atoms with Crippen LogP contribution in [0.1, 0.15) is 31.2 Å². The number of sulfone groups is 1. The Morgan fingerprint density at radius 2 is 1.89 bits per heavy atom. The highest BCUT2D eigenvalue weighted by molar-refractivity contribution is 7.92. The van der Waals surface area contributed by atoms with Crippen LogP contribution in [0.4, 0.5) is 0 Å². The molecule has 0 radical (unpaired) electrons. The maximum absolute atomic E-state index is 12.5. The molecule has 2 atom stereocenters. The summed E-state index contributed by atoms with van der Waals surface area (Å²) in [7, 11) is -3.23. The summed E-state index contributed by atoms with van der Waals surface area (Å²) in [6.45, 7) is 2.04. The Kier molecular flexibility index (Phi) is 4.07. The van der Waals surface area contributed by atoms with Gasteiger partial charge in [-0.05, 0) is 44.2 Å². The Hall–Kier alpha value is -0.870. The Balaban J connectivity index is 2.22. The minimum Gasteiger partial charge on any atom is -0.396 e. The molecular weight excluding hydrogens is 248 g/mol. The first kappa shape index (κ1) is 13.6. The zero-order valence-corrected chi connectivity index (χ0v) is 11.5. The molecular formula is C14H20O3S. The van der Waals surface area contributed by atoms with Crippen LogP contribution in [0.3, 0.4) is 0 Å². The van der Waals surface area contributed by atoms with Gasteiger partial charge in [-0.25, -0.2) is 8.42 Å². The van der Waals surface area contributed by atoms with Crippen LogP contribution < -0.4 is 0 Å². The largest absolute Gasteiger partial charge is 0.396 e. The van der Waals surface area contributed by atoms with Crippen molar-refractivity contribution in [2.75, 3.05) is 6.61 Å². The van der Waals surface area contributed by atoms with Crippen molar-refractivity contribution < 1.29 is 13.5 Å². The zero-order valence-electron chi connectivity index (χ0n) is 10.7. The topological polar surface area (TPSA) is 54.4 Å². The molecule has 0 bridgehead atoms. The Morgan fingerprint density at radius 1 is 1.22 bits per heavy atom. The molecule has 1 N–H and O–H groups in total. The van der Waals surface area contributed by atoms with Crippen molar-refractivity contribution in [3.05, 3.63) is 29.8 Å². The van der Waals surface area contributed by atoms with Gasteiger partial charge in [0.1, 0.15) is 0 Å². The maximum atomic E-state index is 12.5. The van der Waals surface area contributed by atoms with Gasteiger partial charge < -0.3 is 5.11 Å². The van der Waals surface area contributed by atoms with Gasteiger partial charge in [0.25, 0.3) is 0 Å². The van der Waals surface area contributed by atoms with Crippen molar-refractivity contribution in [3.8, 4) is 0 Å². The van der Waals surface area contributed by atoms with Crippen LogP contribution in [0.5, 0.6) is 0 Å². The van der Waals surface area contributed by atoms with E-state index >= 15 is 0 Å². The molecule has 1 aromatic rings. The van der Waals surface area contributed by atoms with Gasteiger partial charge in [0, 0.05) is 6.61 Å². The fourth-order valence-electron chi connectivity index (χ4n) is 2.61. The van der Waals surface area contributed by atoms with Gasteiger partial charge >= 0.3 is 0 Å². The lowest BCUT2D eigenvalue weighted by atomic mass is 9.90. The molecule has 1 aliphatic carbocycles. The lowest BCUT2D eigenvalue weighted by Gasteiger charge is -2.27. The third-order valence-corrected chi connectivity index (χ3v) is 6.02. The van der Waals surface area contributed by atoms with Gasteiger partial charge in [-0.3, -0.25) is 0 Å². The van der Waals surface area contributed by atoms with Crippen molar-refractivity contribution in [2.24, 2.45) is 5.92 Å². The second-order valence-electron chi connectivity index (χ2n) is 5.20. The third-order valence-electron chi connectivity index (χ3n) is 3.78. The molecule has 1 saturated carbocycles. The van der Waals surface area contributed by atoms with Crippen LogP contribution in [-0.4, -0.2) is 25.4 Å². The number of aliphatic hydroxyl groups excluding tert-OH is 1. The molecule has 0 heterocycles. The van der Waals surface area contributed by atoms with E-state index in [0.717, 1.165) is 18.4 Å². The molecule has 2 rings (SSSR count). The van der Waals surface area contributed by atoms with Gasteiger partial charge in [-0.1, -0.05) is 24.1 Å². The minimum atomic E-state index is -3.23. The molecule has 0 aromatic heterocycles. The van der Waals surface area contributed by atoms with Crippen LogP contribution in [0.15, 0.2) is 29.2 Å². The standard InChI is InChI=1S/C14H20O3S/c1-11-5-7-13(8-6-11)18(16,17)14-4-2-3-12(9-14)10-15/h5-8,12,14-15H,2-4,9-10H2,1H3/t12-,14?/m0/s1. The fraction of sp³-hybridized carbons (Fsp3) is 0.571. The third kappa shape index (κ3) is 2.75. The molecule has 3 nitrogen and oxygen atoms in total. The second-order valence-corrected chi connectivity index (χ2v) is 7.42. The summed E-state index contributed by atoms with van der Waals surface area (Å²) in [6, 6.07) is 7.04. The highest BCUT2D eigenvalue weighted by atomic mass is 32.2. The van der Waals surface area contributed by atoms with Crippen molar-refractivity contribution in [3.63, 3.8) is 0 Å². The molecule has 4 heteroatoms. The van der Waals surface area contributed by atoms with Crippen LogP contribution >= 0.6 is 0 Å². The van der Waals surface area contributed by atoms with Crippen molar-refractivity contribution in [1.82, 2.24) is 0 Å². The highest BCUT2D eigenvalue weighted by Gasteiger charge is 2.32. The average molecular weight is 268 g/mol. The Bertz CT molecular complexity index is 490. The normalized spacial score (nSPS) is 25.0. The maximum Gasteiger partial charge on any atom is 0.181 e. The number of hydrogen-bond donors (Lipinski definition) is 1. The summed E-state index contributed by atoms with van der Waals surface area (Å²) in [5.41, 5.74) is 1.06. The van der Waals surface area contributed by atoms with Crippen LogP contribution in [0.2, 0.25) is 0 Å². The van der Waals surface area contributed by atoms with Gasteiger partial charge in [0.2, 0.25) is 0 Å². The Labute approximate surface area is 109 Å². The highest BCUT2D eigenvalue weighted by Crippen LogP contribution is 2.31. The van der Waals surface area contributed by atoms with E-state index in [1.165, 1.54) is 0 Å². The fourth-order valence-corrected chi connectivity index (χ4v) is 4.51. The number of rotatable bonds is 3. The van der Waals surface area contributed by atoms with Crippen molar-refractivity contribution in [1.29, 1.82) is 0 Å². The number of aliphatic hydroxyl groups is 1. The SMILES string of the molecule is Cc1ccc(S(=O)(=O)C2CCC[C@H](CO)C2)cc1. The lowest BCUT2D eigenvalue weighted by Crippen LogP contribution is -2.29. The molecule has 0 saturated heterocycles. The number of aryl methyl sites for hydroxylation is 1. The summed E-state index contributed by atoms with van der Waals surface area (Å²) in [5, 5.41) is 8.86. The van der Waals surface area contributed by atoms with Gasteiger partial charge in [-0.2, -0.15) is 0 Å². The zero-order chi connectivity index (χ0) is 13.2. The Morgan fingerprint density at radius 3 is 2.50 bits per heavy atom. The molecule has 0 amide bonds. The predicted octanol–water partition coefficient (Wildman–Crippen LogP) is 2.32. The summed E-state index contributed by atoms with van der Waals surface area (Å²) in [6.07, 6.45) is 3.14. The van der Waals surface area contributed by atoms with E-state index in [1.807, 2.05) is 19.1 Å². The van der Waals surface area contributed by atoms with Crippen LogP contribution in [-0.2, 0) is 9.84 Å². The summed E-state index contributed by atoms with van der Waals surface area (Å²) in [5.74, 6) is 0.143. The molecule has 18 heavy (non-hydrogen) atoms. The van der Waals surface area contributed by atoms with Crippen molar-refractivity contribution >= 4 is 9.84 Å². The molecule has 1 unspecified atom stereocenters. The first-order valence-corrected chi connectivity index (χ1v) is 8.00. The molecule has 0 spiro atoms. The number of hydrogen-bond acceptors (Lipinski definition) is 3. The summed E-state index contributed by atoms with van der Waals surface area (Å²) >= 11 is 0. The molecule has 1 aromatic carbocycles. The predicted molar refractivity (Wildman–Crippen MR) is 71.2 cm³/mol. The first-order chi connectivity index (χ1) is 8.54. The van der Waals surface area contributed by atoms with E-state index in [2.05, 4.69) is 0 Å². The van der Waals surface area contributed by atoms with E-state index < -0.39 is 9.84 Å². The monoisotopic (exact) mass is 268 g/mol. The van der Waals surface area contributed by atoms with Gasteiger partial charge in [0.15, 0.2) is 9.84 Å². The first-order valence-electron chi connectivity index (χ1n) is 6.45. The summed E-state index contributed by atoms with van der Waals surface area (Å²) in [4.78, 5) is 0.414. The quantitative estimate of drug-likeness (QED) is 0.915. The van der Waals surface area contributed by atoms with Crippen LogP contribution in [0, 0.1) is 12.8 Å². The van der Waals surface area contributed by atoms with E-state index in [0.29, 0.717) is 17.7 Å². The molecule has 1 fully saturated rings. The van der Waals surface area contributed by atoms with E-state index in [9.17, 15) is 13.5 Å². The molecule has 1 aliphatic rings.